The fraction of sp³-hybridized carbons (Fsp3) is 0.857. The van der Waals surface area contributed by atoms with E-state index in [0.29, 0.717) is 13.1 Å². The molecule has 0 aromatic rings. The molecule has 0 saturated carbocycles. The zero-order valence-corrected chi connectivity index (χ0v) is 12.8. The van der Waals surface area contributed by atoms with Crippen LogP contribution >= 0.6 is 0 Å². The van der Waals surface area contributed by atoms with E-state index in [1.165, 1.54) is 0 Å². The van der Waals surface area contributed by atoms with Gasteiger partial charge in [-0.2, -0.15) is 0 Å². The number of carboxylic acid groups (broad SMARTS) is 1. The first-order chi connectivity index (χ1) is 8.72. The van der Waals surface area contributed by atoms with E-state index in [2.05, 4.69) is 12.2 Å². The molecule has 0 aliphatic heterocycles. The van der Waals surface area contributed by atoms with Crippen LogP contribution in [0.3, 0.4) is 0 Å². The second kappa shape index (κ2) is 8.02. The highest BCUT2D eigenvalue weighted by Crippen LogP contribution is 2.22. The molecule has 1 atom stereocenters. The van der Waals surface area contributed by atoms with E-state index in [1.54, 1.807) is 4.90 Å². The molecule has 0 radical (unpaired) electrons. The SMILES string of the molecule is CCCCN(CC)C(=O)NC(CC(=O)O)C(C)(C)C. The van der Waals surface area contributed by atoms with Crippen molar-refractivity contribution in [3.05, 3.63) is 0 Å². The summed E-state index contributed by atoms with van der Waals surface area (Å²) < 4.78 is 0. The van der Waals surface area contributed by atoms with Crippen molar-refractivity contribution in [3.8, 4) is 0 Å². The van der Waals surface area contributed by atoms with E-state index in [1.807, 2.05) is 27.7 Å². The molecule has 0 aliphatic rings. The number of unbranched alkanes of at least 4 members (excludes halogenated alkanes) is 1. The number of hydrogen-bond acceptors (Lipinski definition) is 2. The summed E-state index contributed by atoms with van der Waals surface area (Å²) in [4.78, 5) is 24.8. The number of rotatable bonds is 7. The molecular formula is C14H28N2O3. The third-order valence-corrected chi connectivity index (χ3v) is 3.17. The van der Waals surface area contributed by atoms with Crippen LogP contribution in [0.15, 0.2) is 0 Å². The third-order valence-electron chi connectivity index (χ3n) is 3.17. The Bertz CT molecular complexity index is 298. The monoisotopic (exact) mass is 272 g/mol. The van der Waals surface area contributed by atoms with Gasteiger partial charge in [0.15, 0.2) is 0 Å². The first kappa shape index (κ1) is 17.7. The van der Waals surface area contributed by atoms with E-state index < -0.39 is 5.97 Å². The third kappa shape index (κ3) is 7.03. The number of hydrogen-bond donors (Lipinski definition) is 2. The Kier molecular flexibility index (Phi) is 7.49. The Morgan fingerprint density at radius 3 is 2.21 bits per heavy atom. The maximum absolute atomic E-state index is 12.1. The van der Waals surface area contributed by atoms with Crippen molar-refractivity contribution in [3.63, 3.8) is 0 Å². The predicted molar refractivity (Wildman–Crippen MR) is 76.2 cm³/mol. The van der Waals surface area contributed by atoms with E-state index in [9.17, 15) is 9.59 Å². The minimum atomic E-state index is -0.892. The largest absolute Gasteiger partial charge is 0.481 e. The molecule has 1 unspecified atom stereocenters. The fourth-order valence-electron chi connectivity index (χ4n) is 1.74. The van der Waals surface area contributed by atoms with Crippen LogP contribution < -0.4 is 5.32 Å². The Labute approximate surface area is 116 Å². The van der Waals surface area contributed by atoms with Crippen molar-refractivity contribution >= 4 is 12.0 Å². The van der Waals surface area contributed by atoms with Gasteiger partial charge >= 0.3 is 12.0 Å². The summed E-state index contributed by atoms with van der Waals surface area (Å²) in [5.74, 6) is -0.892. The maximum Gasteiger partial charge on any atom is 0.317 e. The minimum absolute atomic E-state index is 0.0550. The van der Waals surface area contributed by atoms with Gasteiger partial charge in [-0.1, -0.05) is 34.1 Å². The second-order valence-electron chi connectivity index (χ2n) is 5.90. The van der Waals surface area contributed by atoms with Crippen LogP contribution in [0.2, 0.25) is 0 Å². The van der Waals surface area contributed by atoms with Crippen LogP contribution in [0.1, 0.15) is 53.9 Å². The van der Waals surface area contributed by atoms with Gasteiger partial charge in [0, 0.05) is 19.1 Å². The summed E-state index contributed by atoms with van der Waals surface area (Å²) in [5.41, 5.74) is -0.280. The molecular weight excluding hydrogens is 244 g/mol. The molecule has 0 rings (SSSR count). The summed E-state index contributed by atoms with van der Waals surface area (Å²) >= 11 is 0. The van der Waals surface area contributed by atoms with Crippen molar-refractivity contribution in [2.24, 2.45) is 5.41 Å². The molecule has 0 heterocycles. The van der Waals surface area contributed by atoms with Gasteiger partial charge in [-0.05, 0) is 18.8 Å². The lowest BCUT2D eigenvalue weighted by molar-refractivity contribution is -0.138. The van der Waals surface area contributed by atoms with E-state index in [-0.39, 0.29) is 23.9 Å². The van der Waals surface area contributed by atoms with Crippen LogP contribution in [-0.2, 0) is 4.79 Å². The summed E-state index contributed by atoms with van der Waals surface area (Å²) in [6, 6.07) is -0.537. The molecule has 0 fully saturated rings. The van der Waals surface area contributed by atoms with Gasteiger partial charge in [-0.25, -0.2) is 4.79 Å². The average molecular weight is 272 g/mol. The zero-order chi connectivity index (χ0) is 15.1. The summed E-state index contributed by atoms with van der Waals surface area (Å²) in [6.45, 7) is 11.2. The molecule has 19 heavy (non-hydrogen) atoms. The molecule has 0 aliphatic carbocycles. The second-order valence-corrected chi connectivity index (χ2v) is 5.90. The summed E-state index contributed by atoms with van der Waals surface area (Å²) in [6.07, 6.45) is 1.93. The minimum Gasteiger partial charge on any atom is -0.481 e. The Balaban J connectivity index is 4.64. The topological polar surface area (TPSA) is 69.6 Å². The molecule has 0 aromatic heterocycles. The van der Waals surface area contributed by atoms with E-state index >= 15 is 0 Å². The lowest BCUT2D eigenvalue weighted by Gasteiger charge is -2.32. The van der Waals surface area contributed by atoms with E-state index in [4.69, 9.17) is 5.11 Å². The number of amides is 2. The highest BCUT2D eigenvalue weighted by Gasteiger charge is 2.29. The van der Waals surface area contributed by atoms with Crippen molar-refractivity contribution in [2.75, 3.05) is 13.1 Å². The Morgan fingerprint density at radius 1 is 1.26 bits per heavy atom. The van der Waals surface area contributed by atoms with Gasteiger partial charge in [0.25, 0.3) is 0 Å². The summed E-state index contributed by atoms with van der Waals surface area (Å²) in [5, 5.41) is 11.8. The molecule has 2 amide bonds. The number of carboxylic acids is 1. The maximum atomic E-state index is 12.1. The standard InChI is InChI=1S/C14H28N2O3/c1-6-8-9-16(7-2)13(19)15-11(10-12(17)18)14(3,4)5/h11H,6-10H2,1-5H3,(H,15,19)(H,17,18). The summed E-state index contributed by atoms with van der Waals surface area (Å²) in [7, 11) is 0. The van der Waals surface area contributed by atoms with Gasteiger partial charge in [-0.3, -0.25) is 4.79 Å². The van der Waals surface area contributed by atoms with E-state index in [0.717, 1.165) is 12.8 Å². The molecule has 0 aromatic carbocycles. The van der Waals surface area contributed by atoms with Gasteiger partial charge in [0.1, 0.15) is 0 Å². The van der Waals surface area contributed by atoms with Crippen LogP contribution in [0, 0.1) is 5.41 Å². The van der Waals surface area contributed by atoms with Gasteiger partial charge < -0.3 is 15.3 Å². The Hall–Kier alpha value is -1.26. The smallest absolute Gasteiger partial charge is 0.317 e. The van der Waals surface area contributed by atoms with Crippen LogP contribution in [0.5, 0.6) is 0 Å². The van der Waals surface area contributed by atoms with Gasteiger partial charge in [-0.15, -0.1) is 0 Å². The zero-order valence-electron chi connectivity index (χ0n) is 12.8. The molecule has 5 nitrogen and oxygen atoms in total. The van der Waals surface area contributed by atoms with Crippen molar-refractivity contribution in [1.29, 1.82) is 0 Å². The number of urea groups is 1. The number of carbonyl (C=O) groups excluding carboxylic acids is 1. The Morgan fingerprint density at radius 2 is 1.84 bits per heavy atom. The first-order valence-electron chi connectivity index (χ1n) is 6.99. The van der Waals surface area contributed by atoms with Crippen molar-refractivity contribution in [2.45, 2.75) is 59.9 Å². The van der Waals surface area contributed by atoms with Gasteiger partial charge in [0.05, 0.1) is 6.42 Å². The quantitative estimate of drug-likeness (QED) is 0.748. The fourth-order valence-corrected chi connectivity index (χ4v) is 1.74. The predicted octanol–water partition coefficient (Wildman–Crippen LogP) is 2.71. The van der Waals surface area contributed by atoms with Crippen molar-refractivity contribution < 1.29 is 14.7 Å². The highest BCUT2D eigenvalue weighted by molar-refractivity contribution is 5.76. The molecule has 0 bridgehead atoms. The molecule has 112 valence electrons. The normalized spacial score (nSPS) is 12.9. The molecule has 2 N–H and O–H groups in total. The number of aliphatic carboxylic acids is 1. The van der Waals surface area contributed by atoms with Crippen LogP contribution in [0.25, 0.3) is 0 Å². The number of nitrogens with zero attached hydrogens (tertiary/aromatic N) is 1. The molecule has 0 spiro atoms. The average Bonchev–Trinajstić information content (AvgIpc) is 2.27. The van der Waals surface area contributed by atoms with Gasteiger partial charge in [0.2, 0.25) is 0 Å². The van der Waals surface area contributed by atoms with Crippen LogP contribution in [0.4, 0.5) is 4.79 Å². The lowest BCUT2D eigenvalue weighted by Crippen LogP contribution is -2.50. The number of nitrogens with one attached hydrogen (secondary N) is 1. The first-order valence-corrected chi connectivity index (χ1v) is 6.99. The number of carbonyl (C=O) groups is 2. The lowest BCUT2D eigenvalue weighted by atomic mass is 9.85. The van der Waals surface area contributed by atoms with Crippen molar-refractivity contribution in [1.82, 2.24) is 10.2 Å². The molecule has 5 heteroatoms. The van der Waals surface area contributed by atoms with Crippen LogP contribution in [-0.4, -0.2) is 41.1 Å². The highest BCUT2D eigenvalue weighted by atomic mass is 16.4. The molecule has 0 saturated heterocycles.